The summed E-state index contributed by atoms with van der Waals surface area (Å²) in [5.74, 6) is -5.15. The number of nitrogens with one attached hydrogen (secondary N) is 2. The minimum Gasteiger partial charge on any atom is -0.508 e. The average Bonchev–Trinajstić information content (AvgIpc) is 3.81. The van der Waals surface area contributed by atoms with Crippen molar-refractivity contribution in [2.45, 2.75) is 71.6 Å². The molecule has 0 radical (unpaired) electrons. The number of benzene rings is 3. The van der Waals surface area contributed by atoms with Crippen LogP contribution in [0.3, 0.4) is 0 Å². The number of likely N-dealkylation sites (tertiary alicyclic amines) is 2. The van der Waals surface area contributed by atoms with E-state index in [1.54, 1.807) is 36.1 Å². The number of rotatable bonds is 15. The lowest BCUT2D eigenvalue weighted by Crippen LogP contribution is -2.46. The maximum Gasteiger partial charge on any atom is 0.309 e. The number of aromatic nitrogens is 6. The first-order valence-corrected chi connectivity index (χ1v) is 24.9. The topological polar surface area (TPSA) is 239 Å². The standard InChI is InChI=1S/C50H54F3IN10O9/c1-5-55-46(68)45-59-58-43(34-20-33(26(2)3)38(66)21-39(34)67)64(45)31-8-6-29(35(51)19-31)22-61-14-10-27(11-15-61)47(69)62-16-12-28(13-17-62)50(72)73-24-32(65)23-63-25-56-44-40(48(63)70)42(41(53)49(71)60(44)4)57-37-9-7-30(54)18-36(37)52/h6-9,18-21,25-28,32,57,65-67H,5,10-17,22-24H2,1-4H3,(H,55,68). The Morgan fingerprint density at radius 1 is 0.890 bits per heavy atom. The Bertz CT molecular complexity index is 3220. The van der Waals surface area contributed by atoms with E-state index in [-0.39, 0.29) is 75.4 Å². The molecule has 23 heteroatoms. The molecule has 2 aliphatic rings. The van der Waals surface area contributed by atoms with E-state index < -0.39 is 71.3 Å². The van der Waals surface area contributed by atoms with Crippen molar-refractivity contribution in [1.29, 1.82) is 0 Å². The Morgan fingerprint density at radius 2 is 1.60 bits per heavy atom. The molecule has 2 fully saturated rings. The number of phenols is 2. The van der Waals surface area contributed by atoms with Crippen LogP contribution in [0.15, 0.2) is 64.4 Å². The second-order valence-electron chi connectivity index (χ2n) is 18.5. The lowest BCUT2D eigenvalue weighted by Gasteiger charge is -2.37. The smallest absolute Gasteiger partial charge is 0.309 e. The number of halogens is 4. The fourth-order valence-corrected chi connectivity index (χ4v) is 9.72. The third kappa shape index (κ3) is 11.1. The number of aliphatic hydroxyl groups excluding tert-OH is 1. The van der Waals surface area contributed by atoms with Gasteiger partial charge in [0.2, 0.25) is 17.5 Å². The Morgan fingerprint density at radius 3 is 2.27 bits per heavy atom. The van der Waals surface area contributed by atoms with Crippen molar-refractivity contribution in [2.75, 3.05) is 44.6 Å². The van der Waals surface area contributed by atoms with E-state index in [1.807, 2.05) is 36.4 Å². The van der Waals surface area contributed by atoms with Crippen LogP contribution in [0, 0.1) is 32.9 Å². The highest BCUT2D eigenvalue weighted by Crippen LogP contribution is 2.39. The molecule has 73 heavy (non-hydrogen) atoms. The molecule has 5 N–H and O–H groups in total. The van der Waals surface area contributed by atoms with Crippen molar-refractivity contribution >= 4 is 62.8 Å². The number of nitrogens with zero attached hydrogens (tertiary/aromatic N) is 8. The predicted octanol–water partition coefficient (Wildman–Crippen LogP) is 5.45. The van der Waals surface area contributed by atoms with Crippen molar-refractivity contribution in [2.24, 2.45) is 18.9 Å². The van der Waals surface area contributed by atoms with E-state index >= 15 is 8.78 Å². The number of amides is 2. The molecule has 1 atom stereocenters. The number of aliphatic hydroxyl groups is 1. The molecule has 0 bridgehead atoms. The van der Waals surface area contributed by atoms with Gasteiger partial charge in [-0.15, -0.1) is 10.2 Å². The van der Waals surface area contributed by atoms with Crippen LogP contribution in [0.4, 0.5) is 24.5 Å². The molecular weight excluding hydrogens is 1070 g/mol. The molecule has 5 heterocycles. The van der Waals surface area contributed by atoms with Crippen LogP contribution in [0.2, 0.25) is 0 Å². The summed E-state index contributed by atoms with van der Waals surface area (Å²) in [5.41, 5.74) is -1.52. The normalized spacial score (nSPS) is 15.2. The van der Waals surface area contributed by atoms with Crippen molar-refractivity contribution in [3.63, 3.8) is 0 Å². The molecule has 386 valence electrons. The number of anilines is 2. The lowest BCUT2D eigenvalue weighted by atomic mass is 9.92. The number of phenolic OH excluding ortho intramolecular Hbond substituents is 2. The maximum absolute atomic E-state index is 16.0. The summed E-state index contributed by atoms with van der Waals surface area (Å²) < 4.78 is 55.3. The number of hydrogen-bond acceptors (Lipinski definition) is 14. The van der Waals surface area contributed by atoms with E-state index in [9.17, 15) is 43.7 Å². The summed E-state index contributed by atoms with van der Waals surface area (Å²) >= 11 is 1.90. The van der Waals surface area contributed by atoms with Gasteiger partial charge in [-0.3, -0.25) is 42.6 Å². The van der Waals surface area contributed by atoms with Crippen molar-refractivity contribution in [3.8, 4) is 28.6 Å². The Hall–Kier alpha value is -6.86. The van der Waals surface area contributed by atoms with Gasteiger partial charge in [0.15, 0.2) is 11.5 Å². The van der Waals surface area contributed by atoms with Crippen LogP contribution in [0.5, 0.6) is 11.5 Å². The van der Waals surface area contributed by atoms with Crippen LogP contribution in [-0.2, 0) is 34.5 Å². The summed E-state index contributed by atoms with van der Waals surface area (Å²) in [6.45, 7) is 6.84. The molecule has 3 aromatic heterocycles. The number of aryl methyl sites for hydroxylation is 1. The van der Waals surface area contributed by atoms with E-state index in [4.69, 9.17) is 4.74 Å². The molecule has 2 saturated heterocycles. The Balaban J connectivity index is 0.834. The van der Waals surface area contributed by atoms with Gasteiger partial charge in [-0.2, -0.15) is 4.39 Å². The van der Waals surface area contributed by atoms with Gasteiger partial charge in [-0.25, -0.2) is 13.8 Å². The third-order valence-electron chi connectivity index (χ3n) is 13.3. The van der Waals surface area contributed by atoms with Gasteiger partial charge in [0.1, 0.15) is 47.6 Å². The summed E-state index contributed by atoms with van der Waals surface area (Å²) in [7, 11) is 1.23. The van der Waals surface area contributed by atoms with E-state index in [0.717, 1.165) is 15.5 Å². The second kappa shape index (κ2) is 22.1. The zero-order valence-corrected chi connectivity index (χ0v) is 42.5. The van der Waals surface area contributed by atoms with Crippen LogP contribution in [0.25, 0.3) is 28.1 Å². The van der Waals surface area contributed by atoms with Gasteiger partial charge >= 0.3 is 5.97 Å². The summed E-state index contributed by atoms with van der Waals surface area (Å²) in [4.78, 5) is 74.2. The second-order valence-corrected chi connectivity index (χ2v) is 19.8. The average molecular weight is 1120 g/mol. The molecule has 1 unspecified atom stereocenters. The largest absolute Gasteiger partial charge is 0.508 e. The van der Waals surface area contributed by atoms with Gasteiger partial charge in [-0.05, 0) is 116 Å². The van der Waals surface area contributed by atoms with E-state index in [1.165, 1.54) is 35.9 Å². The number of hydrogen-bond donors (Lipinski definition) is 5. The van der Waals surface area contributed by atoms with Crippen LogP contribution in [0.1, 0.15) is 74.1 Å². The number of esters is 1. The Kier molecular flexibility index (Phi) is 15.9. The molecule has 0 saturated carbocycles. The molecule has 8 rings (SSSR count). The zero-order chi connectivity index (χ0) is 52.4. The van der Waals surface area contributed by atoms with Gasteiger partial charge in [0.25, 0.3) is 17.0 Å². The highest BCUT2D eigenvalue weighted by atomic mass is 127. The first-order valence-electron chi connectivity index (χ1n) is 23.8. The lowest BCUT2D eigenvalue weighted by molar-refractivity contribution is -0.155. The molecule has 6 aromatic rings. The van der Waals surface area contributed by atoms with E-state index in [2.05, 4.69) is 30.7 Å². The number of ether oxygens (including phenoxy) is 1. The van der Waals surface area contributed by atoms with Crippen LogP contribution >= 0.6 is 22.6 Å². The van der Waals surface area contributed by atoms with Gasteiger partial charge < -0.3 is 35.6 Å². The van der Waals surface area contributed by atoms with Gasteiger partial charge in [-0.1, -0.05) is 19.9 Å². The van der Waals surface area contributed by atoms with Crippen LogP contribution in [-0.4, -0.2) is 117 Å². The quantitative estimate of drug-likeness (QED) is 0.0636. The monoisotopic (exact) mass is 1120 g/mol. The molecule has 2 aliphatic heterocycles. The first kappa shape index (κ1) is 52.5. The highest BCUT2D eigenvalue weighted by molar-refractivity contribution is 14.1. The summed E-state index contributed by atoms with van der Waals surface area (Å²) in [5, 5.41) is 45.3. The molecule has 0 aliphatic carbocycles. The fraction of sp³-hybridized carbons (Fsp3) is 0.400. The van der Waals surface area contributed by atoms with Crippen molar-refractivity contribution in [1.82, 2.24) is 44.0 Å². The molecule has 19 nitrogen and oxygen atoms in total. The number of piperidine rings is 2. The fourth-order valence-electron chi connectivity index (χ4n) is 9.26. The van der Waals surface area contributed by atoms with Crippen molar-refractivity contribution < 1.29 is 47.6 Å². The summed E-state index contributed by atoms with van der Waals surface area (Å²) in [6.07, 6.45) is 1.43. The first-order chi connectivity index (χ1) is 34.8. The molecule has 3 aromatic carbocycles. The third-order valence-corrected chi connectivity index (χ3v) is 14.0. The van der Waals surface area contributed by atoms with Crippen LogP contribution < -0.4 is 21.8 Å². The van der Waals surface area contributed by atoms with Crippen molar-refractivity contribution in [3.05, 3.63) is 114 Å². The molecular formula is C50H54F3IN10O9. The minimum absolute atomic E-state index is 0.0262. The highest BCUT2D eigenvalue weighted by Gasteiger charge is 2.34. The predicted molar refractivity (Wildman–Crippen MR) is 270 cm³/mol. The maximum atomic E-state index is 16.0. The number of aromatic hydroxyl groups is 2. The summed E-state index contributed by atoms with van der Waals surface area (Å²) in [6, 6.07) is 11.4. The number of pyridine rings is 1. The Labute approximate surface area is 429 Å². The number of carbonyl (C=O) groups excluding carboxylic acids is 3. The molecule has 2 amide bonds. The SMILES string of the molecule is CCNC(=O)c1nnc(-c2cc(C(C)C)c(O)cc2O)n1-c1ccc(CN2CCC(C(=O)N3CCC(C(=O)OCC(O)Cn4cnc5c(c(Nc6ccc(I)cc6F)c(F)c(=O)n5C)c4=O)CC3)CC2)c(F)c1. The van der Waals surface area contributed by atoms with Gasteiger partial charge in [0, 0.05) is 54.3 Å². The number of carbonyl (C=O) groups is 3. The zero-order valence-electron chi connectivity index (χ0n) is 40.4. The minimum atomic E-state index is -1.39. The number of fused-ring (bicyclic) bond motifs is 1. The van der Waals surface area contributed by atoms with E-state index in [0.29, 0.717) is 73.1 Å². The van der Waals surface area contributed by atoms with Gasteiger partial charge in [0.05, 0.1) is 35.1 Å². The molecule has 0 spiro atoms.